The highest BCUT2D eigenvalue weighted by Crippen LogP contribution is 2.21. The molecule has 1 saturated heterocycles. The summed E-state index contributed by atoms with van der Waals surface area (Å²) in [6.45, 7) is 6.81. The van der Waals surface area contributed by atoms with E-state index >= 15 is 0 Å². The average molecular weight is 344 g/mol. The lowest BCUT2D eigenvalue weighted by Gasteiger charge is -2.35. The molecule has 2 aromatic rings. The summed E-state index contributed by atoms with van der Waals surface area (Å²) >= 11 is 0. The van der Waals surface area contributed by atoms with Gasteiger partial charge in [0.05, 0.1) is 0 Å². The number of aliphatic hydroxyl groups excluding tert-OH is 1. The van der Waals surface area contributed by atoms with Crippen molar-refractivity contribution >= 4 is 16.9 Å². The van der Waals surface area contributed by atoms with Gasteiger partial charge in [0.2, 0.25) is 0 Å². The normalized spacial score (nSPS) is 17.0. The smallest absolute Gasteiger partial charge is 0.336 e. The lowest BCUT2D eigenvalue weighted by atomic mass is 10.1. The highest BCUT2D eigenvalue weighted by molar-refractivity contribution is 5.81. The van der Waals surface area contributed by atoms with E-state index in [1.54, 1.807) is 11.0 Å². The number of carbonyl (C=O) groups is 1. The van der Waals surface area contributed by atoms with Crippen molar-refractivity contribution in [3.63, 3.8) is 0 Å². The van der Waals surface area contributed by atoms with Gasteiger partial charge in [0.1, 0.15) is 11.7 Å². The summed E-state index contributed by atoms with van der Waals surface area (Å²) in [5.74, 6) is -0.224. The van der Waals surface area contributed by atoms with Gasteiger partial charge in [-0.2, -0.15) is 0 Å². The Hall–Kier alpha value is -2.18. The van der Waals surface area contributed by atoms with E-state index in [1.165, 1.54) is 6.92 Å². The molecule has 25 heavy (non-hydrogen) atoms. The first kappa shape index (κ1) is 17.6. The molecule has 1 aromatic carbocycles. The largest absolute Gasteiger partial charge is 0.423 e. The molecule has 134 valence electrons. The maximum atomic E-state index is 11.9. The minimum Gasteiger partial charge on any atom is -0.423 e. The molecule has 3 rings (SSSR count). The van der Waals surface area contributed by atoms with Crippen LogP contribution in [0.3, 0.4) is 0 Å². The number of piperazine rings is 1. The van der Waals surface area contributed by atoms with Gasteiger partial charge in [-0.1, -0.05) is 19.1 Å². The van der Waals surface area contributed by atoms with Crippen LogP contribution in [0.4, 0.5) is 0 Å². The monoisotopic (exact) mass is 344 g/mol. The van der Waals surface area contributed by atoms with E-state index in [-0.39, 0.29) is 11.5 Å². The fraction of sp³-hybridized carbons (Fsp3) is 0.474. The maximum Gasteiger partial charge on any atom is 0.336 e. The standard InChI is InChI=1S/C19H24N2O4/c1-3-14-4-5-16-15(11-18(23)25-17(16)10-14)12-20-6-8-21(9-7-20)19(24)13(2)22/h4-5,10-11,13,22H,3,6-9,12H2,1-2H3. The summed E-state index contributed by atoms with van der Waals surface area (Å²) in [6, 6.07) is 7.56. The molecule has 1 fully saturated rings. The van der Waals surface area contributed by atoms with E-state index < -0.39 is 6.10 Å². The van der Waals surface area contributed by atoms with Gasteiger partial charge < -0.3 is 14.4 Å². The van der Waals surface area contributed by atoms with E-state index in [0.717, 1.165) is 22.9 Å². The van der Waals surface area contributed by atoms with E-state index in [0.29, 0.717) is 38.3 Å². The van der Waals surface area contributed by atoms with Gasteiger partial charge in [-0.05, 0) is 30.5 Å². The zero-order valence-corrected chi connectivity index (χ0v) is 14.7. The van der Waals surface area contributed by atoms with Gasteiger partial charge in [0.25, 0.3) is 5.91 Å². The summed E-state index contributed by atoms with van der Waals surface area (Å²) in [5, 5.41) is 10.4. The first-order valence-electron chi connectivity index (χ1n) is 8.73. The lowest BCUT2D eigenvalue weighted by Crippen LogP contribution is -2.50. The Morgan fingerprint density at radius 1 is 1.24 bits per heavy atom. The molecule has 1 amide bonds. The molecule has 6 nitrogen and oxygen atoms in total. The molecule has 0 spiro atoms. The van der Waals surface area contributed by atoms with Crippen LogP contribution in [0.2, 0.25) is 0 Å². The fourth-order valence-corrected chi connectivity index (χ4v) is 3.26. The maximum absolute atomic E-state index is 11.9. The van der Waals surface area contributed by atoms with Crippen molar-refractivity contribution in [2.75, 3.05) is 26.2 Å². The number of amides is 1. The van der Waals surface area contributed by atoms with Crippen LogP contribution in [0.25, 0.3) is 11.0 Å². The highest BCUT2D eigenvalue weighted by atomic mass is 16.4. The van der Waals surface area contributed by atoms with E-state index in [1.807, 2.05) is 12.1 Å². The van der Waals surface area contributed by atoms with Crippen LogP contribution < -0.4 is 5.63 Å². The van der Waals surface area contributed by atoms with Crippen molar-refractivity contribution in [3.8, 4) is 0 Å². The van der Waals surface area contributed by atoms with Crippen molar-refractivity contribution in [2.45, 2.75) is 32.9 Å². The molecule has 1 aromatic heterocycles. The van der Waals surface area contributed by atoms with Crippen molar-refractivity contribution in [2.24, 2.45) is 0 Å². The average Bonchev–Trinajstić information content (AvgIpc) is 2.61. The van der Waals surface area contributed by atoms with Crippen molar-refractivity contribution < 1.29 is 14.3 Å². The third kappa shape index (κ3) is 3.91. The predicted molar refractivity (Wildman–Crippen MR) is 95.4 cm³/mol. The fourth-order valence-electron chi connectivity index (χ4n) is 3.26. The number of nitrogens with zero attached hydrogens (tertiary/aromatic N) is 2. The number of benzene rings is 1. The Balaban J connectivity index is 1.76. The van der Waals surface area contributed by atoms with Crippen molar-refractivity contribution in [1.82, 2.24) is 9.80 Å². The summed E-state index contributed by atoms with van der Waals surface area (Å²) in [5.41, 5.74) is 2.38. The number of aryl methyl sites for hydroxylation is 1. The lowest BCUT2D eigenvalue weighted by molar-refractivity contribution is -0.141. The van der Waals surface area contributed by atoms with Gasteiger partial charge in [-0.3, -0.25) is 9.69 Å². The second-order valence-corrected chi connectivity index (χ2v) is 6.55. The quantitative estimate of drug-likeness (QED) is 0.848. The number of fused-ring (bicyclic) bond motifs is 1. The van der Waals surface area contributed by atoms with Crippen LogP contribution in [0.1, 0.15) is 25.0 Å². The number of aliphatic hydroxyl groups is 1. The van der Waals surface area contributed by atoms with Crippen LogP contribution in [-0.4, -0.2) is 53.1 Å². The van der Waals surface area contributed by atoms with Crippen molar-refractivity contribution in [1.29, 1.82) is 0 Å². The second-order valence-electron chi connectivity index (χ2n) is 6.55. The van der Waals surface area contributed by atoms with Gasteiger partial charge in [-0.25, -0.2) is 4.79 Å². The first-order chi connectivity index (χ1) is 12.0. The Labute approximate surface area is 146 Å². The topological polar surface area (TPSA) is 74.0 Å². The van der Waals surface area contributed by atoms with Gasteiger partial charge in [0, 0.05) is 44.2 Å². The molecule has 0 saturated carbocycles. The van der Waals surface area contributed by atoms with Gasteiger partial charge >= 0.3 is 5.63 Å². The summed E-state index contributed by atoms with van der Waals surface area (Å²) < 4.78 is 5.35. The summed E-state index contributed by atoms with van der Waals surface area (Å²) in [4.78, 5) is 27.6. The molecule has 0 radical (unpaired) electrons. The van der Waals surface area contributed by atoms with Crippen LogP contribution >= 0.6 is 0 Å². The predicted octanol–water partition coefficient (Wildman–Crippen LogP) is 1.38. The molecule has 1 aliphatic heterocycles. The second kappa shape index (κ2) is 7.37. The van der Waals surface area contributed by atoms with E-state index in [2.05, 4.69) is 17.9 Å². The Bertz CT molecular complexity index is 820. The molecule has 0 bridgehead atoms. The number of hydrogen-bond donors (Lipinski definition) is 1. The Morgan fingerprint density at radius 2 is 1.96 bits per heavy atom. The van der Waals surface area contributed by atoms with Crippen LogP contribution in [0.15, 0.2) is 33.5 Å². The van der Waals surface area contributed by atoms with Gasteiger partial charge in [0.15, 0.2) is 0 Å². The molecule has 6 heteroatoms. The highest BCUT2D eigenvalue weighted by Gasteiger charge is 2.24. The molecule has 1 N–H and O–H groups in total. The summed E-state index contributed by atoms with van der Waals surface area (Å²) in [6.07, 6.45) is -0.0645. The zero-order valence-electron chi connectivity index (χ0n) is 14.7. The molecule has 0 aliphatic carbocycles. The number of carbonyl (C=O) groups excluding carboxylic acids is 1. The third-order valence-electron chi connectivity index (χ3n) is 4.74. The molecule has 1 unspecified atom stereocenters. The van der Waals surface area contributed by atoms with Crippen LogP contribution in [0.5, 0.6) is 0 Å². The molecular weight excluding hydrogens is 320 g/mol. The minimum atomic E-state index is -0.956. The molecule has 2 heterocycles. The zero-order chi connectivity index (χ0) is 18.0. The molecular formula is C19H24N2O4. The van der Waals surface area contributed by atoms with Crippen LogP contribution in [0, 0.1) is 0 Å². The van der Waals surface area contributed by atoms with Gasteiger partial charge in [-0.15, -0.1) is 0 Å². The van der Waals surface area contributed by atoms with E-state index in [4.69, 9.17) is 4.42 Å². The number of hydrogen-bond acceptors (Lipinski definition) is 5. The molecule has 1 atom stereocenters. The SMILES string of the molecule is CCc1ccc2c(CN3CCN(C(=O)C(C)O)CC3)cc(=O)oc2c1. The Kier molecular flexibility index (Phi) is 5.20. The summed E-state index contributed by atoms with van der Waals surface area (Å²) in [7, 11) is 0. The molecule has 1 aliphatic rings. The third-order valence-corrected chi connectivity index (χ3v) is 4.74. The Morgan fingerprint density at radius 3 is 2.60 bits per heavy atom. The van der Waals surface area contributed by atoms with Crippen molar-refractivity contribution in [3.05, 3.63) is 45.8 Å². The number of rotatable bonds is 4. The van der Waals surface area contributed by atoms with Crippen LogP contribution in [-0.2, 0) is 17.8 Å². The first-order valence-corrected chi connectivity index (χ1v) is 8.73. The van der Waals surface area contributed by atoms with E-state index in [9.17, 15) is 14.7 Å². The minimum absolute atomic E-state index is 0.224.